The van der Waals surface area contributed by atoms with E-state index in [1.807, 2.05) is 12.1 Å². The van der Waals surface area contributed by atoms with E-state index in [0.29, 0.717) is 11.7 Å². The van der Waals surface area contributed by atoms with Gasteiger partial charge in [0.1, 0.15) is 11.8 Å². The third-order valence-electron chi connectivity index (χ3n) is 3.35. The summed E-state index contributed by atoms with van der Waals surface area (Å²) in [6.07, 6.45) is 4.17. The summed E-state index contributed by atoms with van der Waals surface area (Å²) in [6.45, 7) is 2.10. The highest BCUT2D eigenvalue weighted by molar-refractivity contribution is 5.49. The zero-order chi connectivity index (χ0) is 12.3. The average molecular weight is 230 g/mol. The van der Waals surface area contributed by atoms with E-state index in [1.165, 1.54) is 12.8 Å². The molecule has 1 aromatic rings. The third-order valence-corrected chi connectivity index (χ3v) is 3.35. The number of aromatic nitrogens is 1. The fourth-order valence-corrected chi connectivity index (χ4v) is 2.29. The van der Waals surface area contributed by atoms with Crippen LogP contribution in [0.1, 0.15) is 18.5 Å². The highest BCUT2D eigenvalue weighted by Crippen LogP contribution is 2.21. The Kier molecular flexibility index (Phi) is 3.60. The predicted octanol–water partition coefficient (Wildman–Crippen LogP) is 1.48. The maximum absolute atomic E-state index is 8.86. The fourth-order valence-electron chi connectivity index (χ4n) is 2.29. The monoisotopic (exact) mass is 230 g/mol. The Balaban J connectivity index is 2.13. The van der Waals surface area contributed by atoms with Crippen LogP contribution >= 0.6 is 0 Å². The van der Waals surface area contributed by atoms with Crippen molar-refractivity contribution in [2.45, 2.75) is 18.9 Å². The Labute approximate surface area is 102 Å². The molecule has 1 aliphatic rings. The molecule has 17 heavy (non-hydrogen) atoms. The molecule has 4 heteroatoms. The number of rotatable bonds is 2. The maximum Gasteiger partial charge on any atom is 0.142 e. The van der Waals surface area contributed by atoms with Crippen molar-refractivity contribution in [1.82, 2.24) is 9.88 Å². The van der Waals surface area contributed by atoms with Crippen molar-refractivity contribution >= 4 is 5.69 Å². The molecule has 0 saturated carbocycles. The van der Waals surface area contributed by atoms with Crippen LogP contribution in [-0.4, -0.2) is 43.1 Å². The minimum Gasteiger partial charge on any atom is -0.370 e. The van der Waals surface area contributed by atoms with Gasteiger partial charge in [-0.15, -0.1) is 0 Å². The molecule has 1 saturated heterocycles. The van der Waals surface area contributed by atoms with Gasteiger partial charge in [0.25, 0.3) is 0 Å². The molecule has 1 unspecified atom stereocenters. The van der Waals surface area contributed by atoms with Crippen LogP contribution in [0.3, 0.4) is 0 Å². The molecule has 0 aromatic carbocycles. The van der Waals surface area contributed by atoms with Gasteiger partial charge in [0.15, 0.2) is 0 Å². The molecule has 0 N–H and O–H groups in total. The van der Waals surface area contributed by atoms with Crippen molar-refractivity contribution in [1.29, 1.82) is 5.26 Å². The summed E-state index contributed by atoms with van der Waals surface area (Å²) in [5.74, 6) is 0. The van der Waals surface area contributed by atoms with Crippen LogP contribution in [0.4, 0.5) is 5.69 Å². The summed E-state index contributed by atoms with van der Waals surface area (Å²) < 4.78 is 0. The molecule has 2 rings (SSSR count). The summed E-state index contributed by atoms with van der Waals surface area (Å²) in [6, 6.07) is 6.55. The minimum atomic E-state index is 0.495. The molecule has 4 nitrogen and oxygen atoms in total. The lowest BCUT2D eigenvalue weighted by Gasteiger charge is -2.37. The normalized spacial score (nSPS) is 20.4. The molecular formula is C13H18N4. The van der Waals surface area contributed by atoms with E-state index in [-0.39, 0.29) is 0 Å². The number of piperidine rings is 1. The van der Waals surface area contributed by atoms with Gasteiger partial charge < -0.3 is 9.80 Å². The predicted molar refractivity (Wildman–Crippen MR) is 67.9 cm³/mol. The van der Waals surface area contributed by atoms with E-state index >= 15 is 0 Å². The SMILES string of the molecule is CN(C)C1CCCN(c2ccnc(C#N)c2)C1. The average Bonchev–Trinajstić information content (AvgIpc) is 2.39. The van der Waals surface area contributed by atoms with Crippen LogP contribution in [0.2, 0.25) is 0 Å². The molecule has 0 bridgehead atoms. The quantitative estimate of drug-likeness (QED) is 0.772. The summed E-state index contributed by atoms with van der Waals surface area (Å²) in [5, 5.41) is 8.86. The number of nitriles is 1. The van der Waals surface area contributed by atoms with E-state index in [9.17, 15) is 0 Å². The highest BCUT2D eigenvalue weighted by Gasteiger charge is 2.21. The van der Waals surface area contributed by atoms with E-state index in [2.05, 4.69) is 34.9 Å². The number of pyridine rings is 1. The Morgan fingerprint density at radius 3 is 3.06 bits per heavy atom. The fraction of sp³-hybridized carbons (Fsp3) is 0.538. The standard InChI is InChI=1S/C13H18N4/c1-16(2)13-4-3-7-17(10-13)12-5-6-15-11(8-12)9-14/h5-6,8,13H,3-4,7,10H2,1-2H3. The number of hydrogen-bond acceptors (Lipinski definition) is 4. The first-order valence-corrected chi connectivity index (χ1v) is 5.98. The van der Waals surface area contributed by atoms with Gasteiger partial charge >= 0.3 is 0 Å². The highest BCUT2D eigenvalue weighted by atomic mass is 15.2. The first-order valence-electron chi connectivity index (χ1n) is 5.98. The second kappa shape index (κ2) is 5.15. The van der Waals surface area contributed by atoms with Gasteiger partial charge in [0.05, 0.1) is 0 Å². The summed E-state index contributed by atoms with van der Waals surface area (Å²) in [5.41, 5.74) is 1.61. The number of anilines is 1. The lowest BCUT2D eigenvalue weighted by Crippen LogP contribution is -2.45. The lowest BCUT2D eigenvalue weighted by molar-refractivity contribution is 0.258. The first-order chi connectivity index (χ1) is 8.20. The molecule has 0 aliphatic carbocycles. The third kappa shape index (κ3) is 2.75. The van der Waals surface area contributed by atoms with Crippen LogP contribution in [-0.2, 0) is 0 Å². The van der Waals surface area contributed by atoms with Crippen LogP contribution in [0.25, 0.3) is 0 Å². The molecule has 1 aliphatic heterocycles. The topological polar surface area (TPSA) is 43.2 Å². The Morgan fingerprint density at radius 2 is 2.35 bits per heavy atom. The van der Waals surface area contributed by atoms with Gasteiger partial charge in [-0.1, -0.05) is 0 Å². The maximum atomic E-state index is 8.86. The van der Waals surface area contributed by atoms with Gasteiger partial charge in [-0.3, -0.25) is 0 Å². The summed E-state index contributed by atoms with van der Waals surface area (Å²) >= 11 is 0. The first kappa shape index (κ1) is 11.9. The van der Waals surface area contributed by atoms with Crippen LogP contribution < -0.4 is 4.90 Å². The molecule has 90 valence electrons. The van der Waals surface area contributed by atoms with Gasteiger partial charge in [0, 0.05) is 31.0 Å². The van der Waals surface area contributed by atoms with E-state index in [0.717, 1.165) is 18.8 Å². The van der Waals surface area contributed by atoms with Crippen LogP contribution in [0.15, 0.2) is 18.3 Å². The molecule has 0 amide bonds. The second-order valence-electron chi connectivity index (χ2n) is 4.72. The van der Waals surface area contributed by atoms with Crippen LogP contribution in [0, 0.1) is 11.3 Å². The molecule has 1 fully saturated rings. The van der Waals surface area contributed by atoms with Gasteiger partial charge in [-0.2, -0.15) is 5.26 Å². The summed E-state index contributed by atoms with van der Waals surface area (Å²) in [4.78, 5) is 8.63. The van der Waals surface area contributed by atoms with Crippen LogP contribution in [0.5, 0.6) is 0 Å². The van der Waals surface area contributed by atoms with Gasteiger partial charge in [-0.25, -0.2) is 4.98 Å². The van der Waals surface area contributed by atoms with E-state index in [4.69, 9.17) is 5.26 Å². The van der Waals surface area contributed by atoms with Crippen molar-refractivity contribution in [3.8, 4) is 6.07 Å². The molecule has 1 aromatic heterocycles. The minimum absolute atomic E-state index is 0.495. The van der Waals surface area contributed by atoms with Crippen molar-refractivity contribution in [2.75, 3.05) is 32.1 Å². The number of hydrogen-bond donors (Lipinski definition) is 0. The molecule has 2 heterocycles. The summed E-state index contributed by atoms with van der Waals surface area (Å²) in [7, 11) is 4.25. The van der Waals surface area contributed by atoms with Crippen molar-refractivity contribution in [3.63, 3.8) is 0 Å². The number of likely N-dealkylation sites (N-methyl/N-ethyl adjacent to an activating group) is 1. The van der Waals surface area contributed by atoms with E-state index in [1.54, 1.807) is 6.20 Å². The zero-order valence-corrected chi connectivity index (χ0v) is 10.4. The zero-order valence-electron chi connectivity index (χ0n) is 10.4. The van der Waals surface area contributed by atoms with Crippen molar-refractivity contribution in [2.24, 2.45) is 0 Å². The smallest absolute Gasteiger partial charge is 0.142 e. The van der Waals surface area contributed by atoms with E-state index < -0.39 is 0 Å². The second-order valence-corrected chi connectivity index (χ2v) is 4.72. The van der Waals surface area contributed by atoms with Gasteiger partial charge in [-0.05, 0) is 39.1 Å². The van der Waals surface area contributed by atoms with Gasteiger partial charge in [0.2, 0.25) is 0 Å². The lowest BCUT2D eigenvalue weighted by atomic mass is 10.0. The van der Waals surface area contributed by atoms with Crippen molar-refractivity contribution in [3.05, 3.63) is 24.0 Å². The molecule has 0 spiro atoms. The number of nitrogens with zero attached hydrogens (tertiary/aromatic N) is 4. The van der Waals surface area contributed by atoms with Crippen molar-refractivity contribution < 1.29 is 0 Å². The molecule has 1 atom stereocenters. The Morgan fingerprint density at radius 1 is 1.53 bits per heavy atom. The largest absolute Gasteiger partial charge is 0.370 e. The molecular weight excluding hydrogens is 212 g/mol. The Bertz CT molecular complexity index is 422. The molecule has 0 radical (unpaired) electrons. The Hall–Kier alpha value is -1.60.